The third kappa shape index (κ3) is 5.19. The van der Waals surface area contributed by atoms with E-state index < -0.39 is 29.3 Å². The van der Waals surface area contributed by atoms with Crippen LogP contribution in [0.25, 0.3) is 21.5 Å². The standard InChI is InChI=1S/C29H30N2O4/c1-29(2,27(34)30-25(17-32)23-13-11-19-7-3-5-9-21(19)15-23)28(35)31-26(18-33)24-14-12-20-8-4-6-10-22(20)16-24/h3-16,25-26,32-33H,17-18H2,1-2H3,(H,30,34)(H,31,35). The third-order valence-electron chi connectivity index (χ3n) is 6.46. The number of aliphatic hydroxyl groups is 2. The van der Waals surface area contributed by atoms with Crippen LogP contribution < -0.4 is 10.6 Å². The van der Waals surface area contributed by atoms with Crippen LogP contribution in [-0.2, 0) is 9.59 Å². The van der Waals surface area contributed by atoms with Gasteiger partial charge in [0.1, 0.15) is 5.41 Å². The van der Waals surface area contributed by atoms with E-state index >= 15 is 0 Å². The number of amides is 2. The van der Waals surface area contributed by atoms with Crippen molar-refractivity contribution in [2.24, 2.45) is 5.41 Å². The lowest BCUT2D eigenvalue weighted by Gasteiger charge is -2.28. The van der Waals surface area contributed by atoms with E-state index in [9.17, 15) is 19.8 Å². The van der Waals surface area contributed by atoms with Crippen LogP contribution in [0.5, 0.6) is 0 Å². The SMILES string of the molecule is CC(C)(C(=O)NC(CO)c1ccc2ccccc2c1)C(=O)NC(CO)c1ccc2ccccc2c1. The molecule has 0 bridgehead atoms. The van der Waals surface area contributed by atoms with Gasteiger partial charge in [0.25, 0.3) is 0 Å². The molecule has 0 saturated heterocycles. The number of carbonyl (C=O) groups excluding carboxylic acids is 2. The molecule has 6 nitrogen and oxygen atoms in total. The number of aliphatic hydroxyl groups excluding tert-OH is 2. The van der Waals surface area contributed by atoms with Gasteiger partial charge >= 0.3 is 0 Å². The second-order valence-corrected chi connectivity index (χ2v) is 9.26. The van der Waals surface area contributed by atoms with Gasteiger partial charge < -0.3 is 20.8 Å². The van der Waals surface area contributed by atoms with Crippen LogP contribution in [-0.4, -0.2) is 35.2 Å². The lowest BCUT2D eigenvalue weighted by Crippen LogP contribution is -2.50. The van der Waals surface area contributed by atoms with Crippen LogP contribution in [0.3, 0.4) is 0 Å². The molecule has 0 aliphatic heterocycles. The number of hydrogen-bond acceptors (Lipinski definition) is 4. The molecule has 0 aliphatic rings. The zero-order valence-corrected chi connectivity index (χ0v) is 19.9. The maximum Gasteiger partial charge on any atom is 0.235 e. The van der Waals surface area contributed by atoms with Crippen LogP contribution in [0, 0.1) is 5.41 Å². The summed E-state index contributed by atoms with van der Waals surface area (Å²) in [5.74, 6) is -1.03. The van der Waals surface area contributed by atoms with Gasteiger partial charge in [0.15, 0.2) is 0 Å². The van der Waals surface area contributed by atoms with Crippen LogP contribution in [0.15, 0.2) is 84.9 Å². The Labute approximate surface area is 204 Å². The fourth-order valence-electron chi connectivity index (χ4n) is 4.10. The smallest absolute Gasteiger partial charge is 0.235 e. The highest BCUT2D eigenvalue weighted by Crippen LogP contribution is 2.25. The van der Waals surface area contributed by atoms with Crippen LogP contribution in [0.1, 0.15) is 37.1 Å². The molecule has 0 fully saturated rings. The zero-order valence-electron chi connectivity index (χ0n) is 19.9. The van der Waals surface area contributed by atoms with Crippen molar-refractivity contribution in [2.75, 3.05) is 13.2 Å². The molecule has 4 aromatic carbocycles. The van der Waals surface area contributed by atoms with Gasteiger partial charge in [0.2, 0.25) is 11.8 Å². The average molecular weight is 471 g/mol. The summed E-state index contributed by atoms with van der Waals surface area (Å²) in [6.45, 7) is 2.44. The van der Waals surface area contributed by atoms with E-state index in [1.807, 2.05) is 84.9 Å². The minimum atomic E-state index is -1.44. The molecule has 0 spiro atoms. The molecule has 0 aliphatic carbocycles. The normalized spacial score (nSPS) is 13.4. The molecular formula is C29H30N2O4. The van der Waals surface area contributed by atoms with E-state index in [1.54, 1.807) is 0 Å². The predicted molar refractivity (Wildman–Crippen MR) is 138 cm³/mol. The van der Waals surface area contributed by atoms with Crippen molar-refractivity contribution in [3.8, 4) is 0 Å². The van der Waals surface area contributed by atoms with E-state index in [0.29, 0.717) is 0 Å². The first-order chi connectivity index (χ1) is 16.8. The van der Waals surface area contributed by atoms with Gasteiger partial charge in [0.05, 0.1) is 25.3 Å². The highest BCUT2D eigenvalue weighted by atomic mass is 16.3. The Hall–Kier alpha value is -3.74. The summed E-state index contributed by atoms with van der Waals surface area (Å²) in [5, 5.41) is 29.7. The Morgan fingerprint density at radius 2 is 1.03 bits per heavy atom. The molecule has 2 amide bonds. The van der Waals surface area contributed by atoms with Crippen molar-refractivity contribution in [3.63, 3.8) is 0 Å². The Morgan fingerprint density at radius 3 is 1.40 bits per heavy atom. The molecule has 2 unspecified atom stereocenters. The van der Waals surface area contributed by atoms with Gasteiger partial charge in [-0.2, -0.15) is 0 Å². The third-order valence-corrected chi connectivity index (χ3v) is 6.46. The lowest BCUT2D eigenvalue weighted by atomic mass is 9.89. The second-order valence-electron chi connectivity index (χ2n) is 9.26. The van der Waals surface area contributed by atoms with Crippen molar-refractivity contribution >= 4 is 33.4 Å². The monoisotopic (exact) mass is 470 g/mol. The molecule has 35 heavy (non-hydrogen) atoms. The summed E-state index contributed by atoms with van der Waals surface area (Å²) >= 11 is 0. The predicted octanol–water partition coefficient (Wildman–Crippen LogP) is 4.02. The molecule has 2 atom stereocenters. The number of hydrogen-bond donors (Lipinski definition) is 4. The van der Waals surface area contributed by atoms with Crippen molar-refractivity contribution in [2.45, 2.75) is 25.9 Å². The Bertz CT molecular complexity index is 1260. The maximum absolute atomic E-state index is 13.1. The molecule has 0 heterocycles. The summed E-state index contributed by atoms with van der Waals surface area (Å²) in [4.78, 5) is 26.3. The zero-order chi connectivity index (χ0) is 25.0. The van der Waals surface area contributed by atoms with Gasteiger partial charge in [-0.25, -0.2) is 0 Å². The number of rotatable bonds is 8. The van der Waals surface area contributed by atoms with Gasteiger partial charge in [-0.15, -0.1) is 0 Å². The first-order valence-corrected chi connectivity index (χ1v) is 11.6. The molecule has 4 N–H and O–H groups in total. The molecule has 0 radical (unpaired) electrons. The quantitative estimate of drug-likeness (QED) is 0.292. The summed E-state index contributed by atoms with van der Waals surface area (Å²) < 4.78 is 0. The highest BCUT2D eigenvalue weighted by Gasteiger charge is 2.38. The Balaban J connectivity index is 1.49. The molecular weight excluding hydrogens is 440 g/mol. The van der Waals surface area contributed by atoms with Gasteiger partial charge in [-0.3, -0.25) is 9.59 Å². The van der Waals surface area contributed by atoms with Crippen LogP contribution in [0.2, 0.25) is 0 Å². The summed E-state index contributed by atoms with van der Waals surface area (Å²) in [6, 6.07) is 25.8. The number of benzene rings is 4. The lowest BCUT2D eigenvalue weighted by molar-refractivity contribution is -0.142. The number of fused-ring (bicyclic) bond motifs is 2. The number of carbonyl (C=O) groups is 2. The summed E-state index contributed by atoms with van der Waals surface area (Å²) in [6.07, 6.45) is 0. The fourth-order valence-corrected chi connectivity index (χ4v) is 4.10. The van der Waals surface area contributed by atoms with Crippen molar-refractivity contribution < 1.29 is 19.8 Å². The van der Waals surface area contributed by atoms with E-state index in [4.69, 9.17) is 0 Å². The first kappa shape index (κ1) is 24.4. The van der Waals surface area contributed by atoms with Gasteiger partial charge in [0, 0.05) is 0 Å². The molecule has 6 heteroatoms. The summed E-state index contributed by atoms with van der Waals surface area (Å²) in [7, 11) is 0. The molecule has 0 aromatic heterocycles. The topological polar surface area (TPSA) is 98.7 Å². The highest BCUT2D eigenvalue weighted by molar-refractivity contribution is 6.04. The van der Waals surface area contributed by atoms with Gasteiger partial charge in [-0.05, 0) is 58.7 Å². The van der Waals surface area contributed by atoms with E-state index in [-0.39, 0.29) is 13.2 Å². The fraction of sp³-hybridized carbons (Fsp3) is 0.241. The van der Waals surface area contributed by atoms with E-state index in [0.717, 1.165) is 32.7 Å². The van der Waals surface area contributed by atoms with Crippen molar-refractivity contribution in [1.82, 2.24) is 10.6 Å². The molecule has 0 saturated carbocycles. The average Bonchev–Trinajstić information content (AvgIpc) is 2.89. The Kier molecular flexibility index (Phi) is 7.15. The van der Waals surface area contributed by atoms with Crippen molar-refractivity contribution in [1.29, 1.82) is 0 Å². The molecule has 180 valence electrons. The molecule has 4 aromatic rings. The summed E-state index contributed by atoms with van der Waals surface area (Å²) in [5.41, 5.74) is 0.0643. The minimum absolute atomic E-state index is 0.307. The first-order valence-electron chi connectivity index (χ1n) is 11.6. The van der Waals surface area contributed by atoms with E-state index in [1.165, 1.54) is 13.8 Å². The second kappa shape index (κ2) is 10.3. The number of nitrogens with one attached hydrogen (secondary N) is 2. The van der Waals surface area contributed by atoms with Crippen LogP contribution in [0.4, 0.5) is 0 Å². The largest absolute Gasteiger partial charge is 0.394 e. The minimum Gasteiger partial charge on any atom is -0.394 e. The maximum atomic E-state index is 13.1. The van der Waals surface area contributed by atoms with Crippen LogP contribution >= 0.6 is 0 Å². The molecule has 4 rings (SSSR count). The Morgan fingerprint density at radius 1 is 0.657 bits per heavy atom. The van der Waals surface area contributed by atoms with Gasteiger partial charge in [-0.1, -0.05) is 72.8 Å². The van der Waals surface area contributed by atoms with E-state index in [2.05, 4.69) is 10.6 Å². The van der Waals surface area contributed by atoms with Crippen molar-refractivity contribution in [3.05, 3.63) is 96.1 Å².